The number of ether oxygens (including phenoxy) is 1. The second kappa shape index (κ2) is 8.68. The van der Waals surface area contributed by atoms with Crippen LogP contribution in [0, 0.1) is 5.92 Å². The standard InChI is InChI=1S/C11H24N2O2/c1-4-10(11(12)14)13-6-8-15-7-5-9(2)3/h9-10,13H,4-8H2,1-3H3,(H2,12,14). The zero-order chi connectivity index (χ0) is 11.7. The fourth-order valence-corrected chi connectivity index (χ4v) is 1.17. The van der Waals surface area contributed by atoms with Crippen LogP contribution in [0.1, 0.15) is 33.6 Å². The molecule has 0 aliphatic heterocycles. The molecule has 0 aliphatic rings. The molecule has 1 atom stereocenters. The van der Waals surface area contributed by atoms with Crippen LogP contribution in [0.3, 0.4) is 0 Å². The molecule has 15 heavy (non-hydrogen) atoms. The highest BCUT2D eigenvalue weighted by atomic mass is 16.5. The predicted octanol–water partition coefficient (Wildman–Crippen LogP) is 0.903. The topological polar surface area (TPSA) is 64.3 Å². The van der Waals surface area contributed by atoms with Gasteiger partial charge in [-0.2, -0.15) is 0 Å². The minimum atomic E-state index is -0.292. The molecule has 0 saturated heterocycles. The Hall–Kier alpha value is -0.610. The van der Waals surface area contributed by atoms with Crippen molar-refractivity contribution in [2.45, 2.75) is 39.7 Å². The molecule has 0 aromatic carbocycles. The van der Waals surface area contributed by atoms with Crippen LogP contribution in [-0.4, -0.2) is 31.7 Å². The molecular weight excluding hydrogens is 192 g/mol. The van der Waals surface area contributed by atoms with Gasteiger partial charge in [0.2, 0.25) is 5.91 Å². The number of rotatable bonds is 9. The van der Waals surface area contributed by atoms with Gasteiger partial charge in [-0.1, -0.05) is 20.8 Å². The van der Waals surface area contributed by atoms with E-state index in [0.717, 1.165) is 19.4 Å². The van der Waals surface area contributed by atoms with E-state index in [9.17, 15) is 4.79 Å². The highest BCUT2D eigenvalue weighted by Gasteiger charge is 2.10. The summed E-state index contributed by atoms with van der Waals surface area (Å²) in [6, 6.07) is -0.223. The Morgan fingerprint density at radius 3 is 2.53 bits per heavy atom. The highest BCUT2D eigenvalue weighted by Crippen LogP contribution is 1.98. The van der Waals surface area contributed by atoms with Crippen molar-refractivity contribution in [2.75, 3.05) is 19.8 Å². The molecule has 3 N–H and O–H groups in total. The average Bonchev–Trinajstić information content (AvgIpc) is 2.15. The summed E-state index contributed by atoms with van der Waals surface area (Å²) in [7, 11) is 0. The molecule has 4 nitrogen and oxygen atoms in total. The van der Waals surface area contributed by atoms with Crippen LogP contribution in [0.5, 0.6) is 0 Å². The summed E-state index contributed by atoms with van der Waals surface area (Å²) < 4.78 is 5.40. The summed E-state index contributed by atoms with van der Waals surface area (Å²) in [6.45, 7) is 8.37. The highest BCUT2D eigenvalue weighted by molar-refractivity contribution is 5.79. The first-order valence-corrected chi connectivity index (χ1v) is 5.68. The molecular formula is C11H24N2O2. The molecule has 0 heterocycles. The molecule has 0 saturated carbocycles. The van der Waals surface area contributed by atoms with E-state index in [1.165, 1.54) is 0 Å². The molecule has 0 rings (SSSR count). The molecule has 90 valence electrons. The first kappa shape index (κ1) is 14.4. The van der Waals surface area contributed by atoms with Gasteiger partial charge in [0.15, 0.2) is 0 Å². The van der Waals surface area contributed by atoms with Gasteiger partial charge in [0.05, 0.1) is 12.6 Å². The maximum Gasteiger partial charge on any atom is 0.234 e. The SMILES string of the molecule is CCC(NCCOCCC(C)C)C(N)=O. The number of amides is 1. The van der Waals surface area contributed by atoms with Crippen LogP contribution in [0.2, 0.25) is 0 Å². The smallest absolute Gasteiger partial charge is 0.234 e. The molecule has 0 aromatic heterocycles. The molecule has 0 radical (unpaired) electrons. The number of carbonyl (C=O) groups excluding carboxylic acids is 1. The second-order valence-corrected chi connectivity index (χ2v) is 4.11. The Kier molecular flexibility index (Phi) is 8.33. The number of nitrogens with two attached hydrogens (primary N) is 1. The van der Waals surface area contributed by atoms with Crippen molar-refractivity contribution < 1.29 is 9.53 Å². The van der Waals surface area contributed by atoms with Crippen molar-refractivity contribution >= 4 is 5.91 Å². The third-order valence-corrected chi connectivity index (χ3v) is 2.23. The predicted molar refractivity (Wildman–Crippen MR) is 61.6 cm³/mol. The zero-order valence-electron chi connectivity index (χ0n) is 10.1. The van der Waals surface area contributed by atoms with Crippen molar-refractivity contribution in [1.82, 2.24) is 5.32 Å². The minimum Gasteiger partial charge on any atom is -0.380 e. The maximum atomic E-state index is 10.9. The van der Waals surface area contributed by atoms with Crippen molar-refractivity contribution in [3.63, 3.8) is 0 Å². The third-order valence-electron chi connectivity index (χ3n) is 2.23. The number of carbonyl (C=O) groups is 1. The van der Waals surface area contributed by atoms with Gasteiger partial charge in [-0.25, -0.2) is 0 Å². The summed E-state index contributed by atoms with van der Waals surface area (Å²) in [5, 5.41) is 3.06. The van der Waals surface area contributed by atoms with E-state index in [0.29, 0.717) is 19.1 Å². The Balaban J connectivity index is 3.33. The normalized spacial score (nSPS) is 13.1. The maximum absolute atomic E-state index is 10.9. The molecule has 0 aliphatic carbocycles. The van der Waals surface area contributed by atoms with Gasteiger partial charge in [-0.15, -0.1) is 0 Å². The van der Waals surface area contributed by atoms with Crippen LogP contribution in [0.25, 0.3) is 0 Å². The molecule has 0 aromatic rings. The van der Waals surface area contributed by atoms with E-state index in [1.54, 1.807) is 0 Å². The number of hydrogen-bond acceptors (Lipinski definition) is 3. The zero-order valence-corrected chi connectivity index (χ0v) is 10.1. The largest absolute Gasteiger partial charge is 0.380 e. The summed E-state index contributed by atoms with van der Waals surface area (Å²) in [6.07, 6.45) is 1.80. The fraction of sp³-hybridized carbons (Fsp3) is 0.909. The summed E-state index contributed by atoms with van der Waals surface area (Å²) >= 11 is 0. The molecule has 1 unspecified atom stereocenters. The lowest BCUT2D eigenvalue weighted by Gasteiger charge is -2.13. The van der Waals surface area contributed by atoms with E-state index in [1.807, 2.05) is 6.92 Å². The lowest BCUT2D eigenvalue weighted by atomic mass is 10.1. The minimum absolute atomic E-state index is 0.223. The van der Waals surface area contributed by atoms with E-state index in [4.69, 9.17) is 10.5 Å². The summed E-state index contributed by atoms with van der Waals surface area (Å²) in [4.78, 5) is 10.9. The fourth-order valence-electron chi connectivity index (χ4n) is 1.17. The van der Waals surface area contributed by atoms with Gasteiger partial charge in [0.25, 0.3) is 0 Å². The van der Waals surface area contributed by atoms with Gasteiger partial charge in [0, 0.05) is 13.2 Å². The van der Waals surface area contributed by atoms with Gasteiger partial charge < -0.3 is 15.8 Å². The molecule has 0 spiro atoms. The van der Waals surface area contributed by atoms with Gasteiger partial charge >= 0.3 is 0 Å². The van der Waals surface area contributed by atoms with Gasteiger partial charge in [-0.3, -0.25) is 4.79 Å². The van der Waals surface area contributed by atoms with Crippen LogP contribution >= 0.6 is 0 Å². The van der Waals surface area contributed by atoms with E-state index in [2.05, 4.69) is 19.2 Å². The Morgan fingerprint density at radius 2 is 2.07 bits per heavy atom. The molecule has 0 bridgehead atoms. The van der Waals surface area contributed by atoms with E-state index >= 15 is 0 Å². The monoisotopic (exact) mass is 216 g/mol. The number of nitrogens with one attached hydrogen (secondary N) is 1. The van der Waals surface area contributed by atoms with Crippen LogP contribution in [0.15, 0.2) is 0 Å². The van der Waals surface area contributed by atoms with Gasteiger partial charge in [-0.05, 0) is 18.8 Å². The average molecular weight is 216 g/mol. The van der Waals surface area contributed by atoms with Crippen LogP contribution in [-0.2, 0) is 9.53 Å². The Bertz CT molecular complexity index is 172. The first-order chi connectivity index (χ1) is 7.07. The van der Waals surface area contributed by atoms with Crippen molar-refractivity contribution in [1.29, 1.82) is 0 Å². The molecule has 4 heteroatoms. The number of primary amides is 1. The molecule has 0 fully saturated rings. The van der Waals surface area contributed by atoms with Crippen molar-refractivity contribution in [3.8, 4) is 0 Å². The Morgan fingerprint density at radius 1 is 1.40 bits per heavy atom. The summed E-state index contributed by atoms with van der Waals surface area (Å²) in [5.41, 5.74) is 5.19. The lowest BCUT2D eigenvalue weighted by molar-refractivity contribution is -0.120. The van der Waals surface area contributed by atoms with Crippen molar-refractivity contribution in [3.05, 3.63) is 0 Å². The van der Waals surface area contributed by atoms with E-state index < -0.39 is 0 Å². The third kappa shape index (κ3) is 8.39. The van der Waals surface area contributed by atoms with Gasteiger partial charge in [0.1, 0.15) is 0 Å². The summed E-state index contributed by atoms with van der Waals surface area (Å²) in [5.74, 6) is 0.381. The first-order valence-electron chi connectivity index (χ1n) is 5.68. The Labute approximate surface area is 92.6 Å². The van der Waals surface area contributed by atoms with Crippen LogP contribution < -0.4 is 11.1 Å². The van der Waals surface area contributed by atoms with Crippen molar-refractivity contribution in [2.24, 2.45) is 11.7 Å². The molecule has 1 amide bonds. The second-order valence-electron chi connectivity index (χ2n) is 4.11. The quantitative estimate of drug-likeness (QED) is 0.563. The van der Waals surface area contributed by atoms with Crippen LogP contribution in [0.4, 0.5) is 0 Å². The lowest BCUT2D eigenvalue weighted by Crippen LogP contribution is -2.42. The number of hydrogen-bond donors (Lipinski definition) is 2. The van der Waals surface area contributed by atoms with E-state index in [-0.39, 0.29) is 11.9 Å².